The van der Waals surface area contributed by atoms with E-state index in [1.165, 1.54) is 6.42 Å². The van der Waals surface area contributed by atoms with Gasteiger partial charge >= 0.3 is 6.16 Å². The zero-order chi connectivity index (χ0) is 7.14. The lowest BCUT2D eigenvalue weighted by molar-refractivity contribution is 0.0497. The minimum Gasteiger partial charge on any atom is -0.450 e. The van der Waals surface area contributed by atoms with Crippen molar-refractivity contribution in [1.29, 1.82) is 0 Å². The lowest BCUT2D eigenvalue weighted by Crippen LogP contribution is -2.14. The van der Waals surface area contributed by atoms with Gasteiger partial charge in [0, 0.05) is 0 Å². The number of rotatable bonds is 1. The standard InChI is InChI=1S/C7H10O3/c8-7(9)10-6-2-4-1-5(4)3-6/h4-6H,1-3H2,(H,8,9). The van der Waals surface area contributed by atoms with Crippen LogP contribution < -0.4 is 0 Å². The molecule has 56 valence electrons. The normalized spacial score (nSPS) is 42.6. The molecule has 0 aromatic carbocycles. The number of ether oxygens (including phenoxy) is 1. The molecule has 3 heteroatoms. The van der Waals surface area contributed by atoms with Crippen molar-refractivity contribution >= 4 is 6.16 Å². The lowest BCUT2D eigenvalue weighted by Gasteiger charge is -2.08. The van der Waals surface area contributed by atoms with Crippen LogP contribution >= 0.6 is 0 Å². The molecule has 10 heavy (non-hydrogen) atoms. The summed E-state index contributed by atoms with van der Waals surface area (Å²) in [5.41, 5.74) is 0. The van der Waals surface area contributed by atoms with Crippen LogP contribution in [0.25, 0.3) is 0 Å². The Morgan fingerprint density at radius 2 is 1.90 bits per heavy atom. The van der Waals surface area contributed by atoms with E-state index in [9.17, 15) is 4.79 Å². The Bertz CT molecular complexity index is 156. The fraction of sp³-hybridized carbons (Fsp3) is 0.857. The van der Waals surface area contributed by atoms with Crippen LogP contribution in [0.4, 0.5) is 4.79 Å². The Morgan fingerprint density at radius 1 is 1.30 bits per heavy atom. The second-order valence-corrected chi connectivity index (χ2v) is 3.23. The molecule has 0 aromatic rings. The van der Waals surface area contributed by atoms with Gasteiger partial charge in [0.15, 0.2) is 0 Å². The van der Waals surface area contributed by atoms with Crippen molar-refractivity contribution < 1.29 is 14.6 Å². The van der Waals surface area contributed by atoms with E-state index < -0.39 is 6.16 Å². The zero-order valence-corrected chi connectivity index (χ0v) is 5.62. The summed E-state index contributed by atoms with van der Waals surface area (Å²) in [4.78, 5) is 10.1. The Balaban J connectivity index is 1.80. The molecule has 0 radical (unpaired) electrons. The summed E-state index contributed by atoms with van der Waals surface area (Å²) >= 11 is 0. The fourth-order valence-electron chi connectivity index (χ4n) is 1.90. The third-order valence-corrected chi connectivity index (χ3v) is 2.47. The number of carbonyl (C=O) groups is 1. The monoisotopic (exact) mass is 142 g/mol. The molecule has 2 aliphatic rings. The van der Waals surface area contributed by atoms with E-state index >= 15 is 0 Å². The molecule has 2 atom stereocenters. The maximum absolute atomic E-state index is 10.1. The number of hydrogen-bond acceptors (Lipinski definition) is 2. The molecule has 0 spiro atoms. The molecule has 2 aliphatic carbocycles. The summed E-state index contributed by atoms with van der Waals surface area (Å²) in [6.45, 7) is 0. The minimum atomic E-state index is -1.12. The second-order valence-electron chi connectivity index (χ2n) is 3.23. The van der Waals surface area contributed by atoms with Crippen LogP contribution in [-0.4, -0.2) is 17.4 Å². The molecule has 0 saturated heterocycles. The van der Waals surface area contributed by atoms with Crippen LogP contribution in [-0.2, 0) is 4.74 Å². The SMILES string of the molecule is O=C(O)OC1CC2CC2C1. The summed E-state index contributed by atoms with van der Waals surface area (Å²) < 4.78 is 4.63. The topological polar surface area (TPSA) is 46.5 Å². The molecular formula is C7H10O3. The highest BCUT2D eigenvalue weighted by Crippen LogP contribution is 2.52. The Labute approximate surface area is 59.0 Å². The fourth-order valence-corrected chi connectivity index (χ4v) is 1.90. The van der Waals surface area contributed by atoms with E-state index in [1.54, 1.807) is 0 Å². The van der Waals surface area contributed by atoms with Crippen LogP contribution in [0.15, 0.2) is 0 Å². The molecular weight excluding hydrogens is 132 g/mol. The van der Waals surface area contributed by atoms with Gasteiger partial charge in [-0.2, -0.15) is 0 Å². The van der Waals surface area contributed by atoms with Crippen LogP contribution in [0.5, 0.6) is 0 Å². The van der Waals surface area contributed by atoms with Gasteiger partial charge in [-0.3, -0.25) is 0 Å². The van der Waals surface area contributed by atoms with Gasteiger partial charge in [-0.1, -0.05) is 0 Å². The van der Waals surface area contributed by atoms with Gasteiger partial charge in [-0.15, -0.1) is 0 Å². The van der Waals surface area contributed by atoms with E-state index in [2.05, 4.69) is 4.74 Å². The quantitative estimate of drug-likeness (QED) is 0.564. The van der Waals surface area contributed by atoms with Gasteiger partial charge in [0.2, 0.25) is 0 Å². The highest BCUT2D eigenvalue weighted by Gasteiger charge is 2.47. The first kappa shape index (κ1) is 6.01. The largest absolute Gasteiger partial charge is 0.506 e. The predicted octanol–water partition coefficient (Wildman–Crippen LogP) is 1.48. The Hall–Kier alpha value is -0.730. The molecule has 3 nitrogen and oxygen atoms in total. The predicted molar refractivity (Wildman–Crippen MR) is 33.7 cm³/mol. The van der Waals surface area contributed by atoms with Gasteiger partial charge in [-0.25, -0.2) is 4.79 Å². The van der Waals surface area contributed by atoms with Crippen molar-refractivity contribution in [3.63, 3.8) is 0 Å². The first-order valence-corrected chi connectivity index (χ1v) is 3.65. The summed E-state index contributed by atoms with van der Waals surface area (Å²) in [7, 11) is 0. The van der Waals surface area contributed by atoms with Gasteiger partial charge in [0.25, 0.3) is 0 Å². The summed E-state index contributed by atoms with van der Waals surface area (Å²) in [5, 5.41) is 8.25. The lowest BCUT2D eigenvalue weighted by atomic mass is 10.2. The van der Waals surface area contributed by atoms with E-state index in [1.807, 2.05) is 0 Å². The van der Waals surface area contributed by atoms with E-state index in [0.29, 0.717) is 0 Å². The molecule has 0 aliphatic heterocycles. The maximum Gasteiger partial charge on any atom is 0.506 e. The number of fused-ring (bicyclic) bond motifs is 1. The van der Waals surface area contributed by atoms with E-state index in [-0.39, 0.29) is 6.10 Å². The van der Waals surface area contributed by atoms with Gasteiger partial charge in [-0.05, 0) is 31.1 Å². The van der Waals surface area contributed by atoms with Crippen molar-refractivity contribution in [2.75, 3.05) is 0 Å². The summed E-state index contributed by atoms with van der Waals surface area (Å²) in [6.07, 6.45) is 2.14. The number of hydrogen-bond donors (Lipinski definition) is 1. The number of carboxylic acid groups (broad SMARTS) is 1. The Kier molecular flexibility index (Phi) is 1.13. The minimum absolute atomic E-state index is 0.0150. The zero-order valence-electron chi connectivity index (χ0n) is 5.62. The molecule has 1 N–H and O–H groups in total. The Morgan fingerprint density at radius 3 is 2.40 bits per heavy atom. The van der Waals surface area contributed by atoms with Gasteiger partial charge in [0.05, 0.1) is 0 Å². The highest BCUT2D eigenvalue weighted by atomic mass is 16.7. The van der Waals surface area contributed by atoms with E-state index in [0.717, 1.165) is 24.7 Å². The smallest absolute Gasteiger partial charge is 0.450 e. The first-order chi connectivity index (χ1) is 4.75. The van der Waals surface area contributed by atoms with Crippen molar-refractivity contribution in [1.82, 2.24) is 0 Å². The summed E-state index contributed by atoms with van der Waals surface area (Å²) in [5.74, 6) is 1.59. The van der Waals surface area contributed by atoms with Crippen molar-refractivity contribution in [3.05, 3.63) is 0 Å². The molecule has 0 heterocycles. The molecule has 2 saturated carbocycles. The highest BCUT2D eigenvalue weighted by molar-refractivity contribution is 5.57. The average molecular weight is 142 g/mol. The van der Waals surface area contributed by atoms with Crippen molar-refractivity contribution in [2.45, 2.75) is 25.4 Å². The van der Waals surface area contributed by atoms with Crippen LogP contribution in [0, 0.1) is 11.8 Å². The molecule has 2 rings (SSSR count). The third-order valence-electron chi connectivity index (χ3n) is 2.47. The molecule has 2 unspecified atom stereocenters. The first-order valence-electron chi connectivity index (χ1n) is 3.65. The second kappa shape index (κ2) is 1.87. The van der Waals surface area contributed by atoms with Gasteiger partial charge < -0.3 is 9.84 Å². The third kappa shape index (κ3) is 0.958. The summed E-state index contributed by atoms with van der Waals surface area (Å²) in [6, 6.07) is 0. The molecule has 2 fully saturated rings. The molecule has 0 bridgehead atoms. The van der Waals surface area contributed by atoms with Crippen LogP contribution in [0.1, 0.15) is 19.3 Å². The molecule has 0 amide bonds. The van der Waals surface area contributed by atoms with Crippen molar-refractivity contribution in [3.8, 4) is 0 Å². The van der Waals surface area contributed by atoms with Crippen LogP contribution in [0.2, 0.25) is 0 Å². The van der Waals surface area contributed by atoms with Crippen LogP contribution in [0.3, 0.4) is 0 Å². The maximum atomic E-state index is 10.1. The van der Waals surface area contributed by atoms with E-state index in [4.69, 9.17) is 5.11 Å². The molecule has 0 aromatic heterocycles. The average Bonchev–Trinajstić information content (AvgIpc) is 2.39. The van der Waals surface area contributed by atoms with Gasteiger partial charge in [0.1, 0.15) is 6.10 Å². The van der Waals surface area contributed by atoms with Crippen molar-refractivity contribution in [2.24, 2.45) is 11.8 Å².